The van der Waals surface area contributed by atoms with Gasteiger partial charge in [-0.1, -0.05) is 6.07 Å². The zero-order chi connectivity index (χ0) is 28.3. The highest BCUT2D eigenvalue weighted by molar-refractivity contribution is 6.22. The van der Waals surface area contributed by atoms with Crippen LogP contribution >= 0.6 is 0 Å². The van der Waals surface area contributed by atoms with Crippen molar-refractivity contribution in [1.29, 1.82) is 0 Å². The fourth-order valence-corrected chi connectivity index (χ4v) is 4.69. The molecular formula is C28H13F9O2. The minimum atomic E-state index is -2.06. The van der Waals surface area contributed by atoms with Gasteiger partial charge in [0.1, 0.15) is 34.8 Å². The fraction of sp³-hybridized carbons (Fsp3) is 0.0714. The molecule has 0 bridgehead atoms. The van der Waals surface area contributed by atoms with E-state index in [9.17, 15) is 13.2 Å². The summed E-state index contributed by atoms with van der Waals surface area (Å²) in [7, 11) is 1.86. The molecule has 0 aliphatic rings. The van der Waals surface area contributed by atoms with Crippen LogP contribution in [0.5, 0.6) is 11.5 Å². The molecular weight excluding hydrogens is 539 g/mol. The molecule has 0 unspecified atom stereocenters. The third kappa shape index (κ3) is 3.83. The Morgan fingerprint density at radius 1 is 0.462 bits per heavy atom. The second kappa shape index (κ2) is 9.40. The van der Waals surface area contributed by atoms with Gasteiger partial charge in [0.05, 0.1) is 25.3 Å². The van der Waals surface area contributed by atoms with E-state index in [1.54, 1.807) is 0 Å². The molecule has 0 saturated carbocycles. The quantitative estimate of drug-likeness (QED) is 0.126. The van der Waals surface area contributed by atoms with Crippen molar-refractivity contribution < 1.29 is 49.0 Å². The maximum absolute atomic E-state index is 15.4. The normalized spacial score (nSPS) is 11.5. The van der Waals surface area contributed by atoms with Crippen molar-refractivity contribution in [2.24, 2.45) is 0 Å². The summed E-state index contributed by atoms with van der Waals surface area (Å²) in [5, 5.41) is -2.94. The predicted octanol–water partition coefficient (Wildman–Crippen LogP) is 8.60. The molecule has 0 spiro atoms. The Hall–Kier alpha value is -4.41. The van der Waals surface area contributed by atoms with Crippen molar-refractivity contribution in [3.63, 3.8) is 0 Å². The Morgan fingerprint density at radius 2 is 0.974 bits per heavy atom. The van der Waals surface area contributed by atoms with Crippen molar-refractivity contribution in [1.82, 2.24) is 0 Å². The summed E-state index contributed by atoms with van der Waals surface area (Å²) in [6, 6.07) is 4.92. The second-order valence-corrected chi connectivity index (χ2v) is 8.35. The third-order valence-corrected chi connectivity index (χ3v) is 6.30. The number of rotatable bonds is 4. The summed E-state index contributed by atoms with van der Waals surface area (Å²) in [4.78, 5) is 0. The minimum absolute atomic E-state index is 0.259. The SMILES string of the molecule is COc1cc(F)c(-c2c3ccc(F)cc3c(-c3c(F)c(F)c(OC)c(F)c3F)c3c(F)ccc(F)c23)c(F)c1. The lowest BCUT2D eigenvalue weighted by Gasteiger charge is -2.20. The number of benzene rings is 5. The van der Waals surface area contributed by atoms with Crippen LogP contribution in [0.1, 0.15) is 0 Å². The Kier molecular flexibility index (Phi) is 6.32. The van der Waals surface area contributed by atoms with Crippen LogP contribution in [0.25, 0.3) is 43.8 Å². The van der Waals surface area contributed by atoms with Gasteiger partial charge in [0.2, 0.25) is 11.6 Å². The summed E-state index contributed by atoms with van der Waals surface area (Å²) in [6.45, 7) is 0. The highest BCUT2D eigenvalue weighted by atomic mass is 19.2. The Bertz CT molecular complexity index is 1780. The lowest BCUT2D eigenvalue weighted by atomic mass is 9.84. The number of hydrogen-bond donors (Lipinski definition) is 0. The van der Waals surface area contributed by atoms with Crippen LogP contribution in [0, 0.1) is 52.4 Å². The lowest BCUT2D eigenvalue weighted by Crippen LogP contribution is -2.06. The van der Waals surface area contributed by atoms with Gasteiger partial charge in [-0.3, -0.25) is 0 Å². The van der Waals surface area contributed by atoms with Crippen LogP contribution in [0.15, 0.2) is 42.5 Å². The molecule has 0 amide bonds. The van der Waals surface area contributed by atoms with E-state index in [-0.39, 0.29) is 5.75 Å². The summed E-state index contributed by atoms with van der Waals surface area (Å²) in [5.41, 5.74) is -4.06. The molecule has 0 fully saturated rings. The van der Waals surface area contributed by atoms with E-state index in [4.69, 9.17) is 4.74 Å². The maximum atomic E-state index is 15.4. The highest BCUT2D eigenvalue weighted by Crippen LogP contribution is 2.49. The zero-order valence-corrected chi connectivity index (χ0v) is 19.8. The molecule has 0 atom stereocenters. The molecule has 5 aromatic rings. The van der Waals surface area contributed by atoms with E-state index in [1.165, 1.54) is 0 Å². The average molecular weight is 552 g/mol. The first kappa shape index (κ1) is 26.2. The van der Waals surface area contributed by atoms with Gasteiger partial charge >= 0.3 is 0 Å². The van der Waals surface area contributed by atoms with Crippen molar-refractivity contribution in [2.75, 3.05) is 14.2 Å². The van der Waals surface area contributed by atoms with E-state index in [2.05, 4.69) is 4.74 Å². The van der Waals surface area contributed by atoms with Gasteiger partial charge < -0.3 is 9.47 Å². The molecule has 0 heterocycles. The lowest BCUT2D eigenvalue weighted by molar-refractivity contribution is 0.334. The molecule has 39 heavy (non-hydrogen) atoms. The summed E-state index contributed by atoms with van der Waals surface area (Å²) in [6.07, 6.45) is 0. The van der Waals surface area contributed by atoms with Gasteiger partial charge in [-0.15, -0.1) is 0 Å². The Labute approximate surface area is 213 Å². The summed E-state index contributed by atoms with van der Waals surface area (Å²) >= 11 is 0. The van der Waals surface area contributed by atoms with Crippen LogP contribution in [0.3, 0.4) is 0 Å². The number of hydrogen-bond acceptors (Lipinski definition) is 2. The molecule has 0 aromatic heterocycles. The van der Waals surface area contributed by atoms with E-state index >= 15 is 26.3 Å². The molecule has 2 nitrogen and oxygen atoms in total. The number of ether oxygens (including phenoxy) is 2. The van der Waals surface area contributed by atoms with Crippen molar-refractivity contribution >= 4 is 21.5 Å². The number of methoxy groups -OCH3 is 2. The van der Waals surface area contributed by atoms with E-state index in [0.717, 1.165) is 38.5 Å². The van der Waals surface area contributed by atoms with Crippen molar-refractivity contribution in [3.8, 4) is 33.8 Å². The van der Waals surface area contributed by atoms with Crippen molar-refractivity contribution in [2.45, 2.75) is 0 Å². The van der Waals surface area contributed by atoms with Crippen LogP contribution in [-0.4, -0.2) is 14.2 Å². The fourth-order valence-electron chi connectivity index (χ4n) is 4.69. The average Bonchev–Trinajstić information content (AvgIpc) is 2.90. The highest BCUT2D eigenvalue weighted by Gasteiger charge is 2.32. The smallest absolute Gasteiger partial charge is 0.204 e. The molecule has 5 aromatic carbocycles. The van der Waals surface area contributed by atoms with E-state index in [0.29, 0.717) is 18.2 Å². The van der Waals surface area contributed by atoms with Crippen molar-refractivity contribution in [3.05, 3.63) is 94.8 Å². The molecule has 0 aliphatic heterocycles. The largest absolute Gasteiger partial charge is 0.497 e. The van der Waals surface area contributed by atoms with Crippen LogP contribution in [0.2, 0.25) is 0 Å². The molecule has 200 valence electrons. The molecule has 5 rings (SSSR count). The molecule has 0 aliphatic carbocycles. The van der Waals surface area contributed by atoms with Crippen LogP contribution in [-0.2, 0) is 0 Å². The molecule has 0 radical (unpaired) electrons. The Balaban J connectivity index is 2.12. The van der Waals surface area contributed by atoms with Gasteiger partial charge in [-0.05, 0) is 35.0 Å². The zero-order valence-electron chi connectivity index (χ0n) is 19.8. The predicted molar refractivity (Wildman–Crippen MR) is 125 cm³/mol. The maximum Gasteiger partial charge on any atom is 0.204 e. The van der Waals surface area contributed by atoms with Crippen LogP contribution in [0.4, 0.5) is 39.5 Å². The number of halogens is 9. The summed E-state index contributed by atoms with van der Waals surface area (Å²) < 4.78 is 145. The molecule has 0 N–H and O–H groups in total. The van der Waals surface area contributed by atoms with E-state index in [1.807, 2.05) is 0 Å². The van der Waals surface area contributed by atoms with Gasteiger partial charge in [0.15, 0.2) is 17.4 Å². The first-order valence-corrected chi connectivity index (χ1v) is 11.0. The first-order chi connectivity index (χ1) is 18.5. The minimum Gasteiger partial charge on any atom is -0.497 e. The van der Waals surface area contributed by atoms with Gasteiger partial charge in [-0.25, -0.2) is 30.7 Å². The number of fused-ring (bicyclic) bond motifs is 2. The standard InChI is InChI=1S/C28H13F9O2/c1-38-11-8-16(32)20(17(33)9-11)18-12-4-3-10(29)7-13(12)19(22-15(31)6-5-14(30)21(18)22)23-24(34)26(36)28(39-2)27(37)25(23)35/h3-9H,1-2H3. The third-order valence-electron chi connectivity index (χ3n) is 6.30. The molecule has 11 heteroatoms. The Morgan fingerprint density at radius 3 is 1.46 bits per heavy atom. The van der Waals surface area contributed by atoms with Crippen LogP contribution < -0.4 is 9.47 Å². The first-order valence-electron chi connectivity index (χ1n) is 11.0. The summed E-state index contributed by atoms with van der Waals surface area (Å²) in [5.74, 6) is -16.2. The van der Waals surface area contributed by atoms with Gasteiger partial charge in [0.25, 0.3) is 0 Å². The van der Waals surface area contributed by atoms with E-state index < -0.39 is 102 Å². The van der Waals surface area contributed by atoms with Gasteiger partial charge in [0, 0.05) is 34.0 Å². The second-order valence-electron chi connectivity index (χ2n) is 8.35. The topological polar surface area (TPSA) is 18.5 Å². The monoisotopic (exact) mass is 552 g/mol. The molecule has 0 saturated heterocycles. The van der Waals surface area contributed by atoms with Gasteiger partial charge in [-0.2, -0.15) is 8.78 Å².